The predicted molar refractivity (Wildman–Crippen MR) is 119 cm³/mol. The quantitative estimate of drug-likeness (QED) is 0.584. The summed E-state index contributed by atoms with van der Waals surface area (Å²) < 4.78 is 6.61. The van der Waals surface area contributed by atoms with Crippen LogP contribution in [0.4, 0.5) is 5.69 Å². The van der Waals surface area contributed by atoms with Crippen LogP contribution in [0.25, 0.3) is 5.69 Å². The summed E-state index contributed by atoms with van der Waals surface area (Å²) in [4.78, 5) is 31.0. The van der Waals surface area contributed by atoms with Crippen LogP contribution in [0.3, 0.4) is 0 Å². The Bertz CT molecular complexity index is 1080. The Kier molecular flexibility index (Phi) is 6.39. The van der Waals surface area contributed by atoms with E-state index in [9.17, 15) is 9.59 Å². The summed E-state index contributed by atoms with van der Waals surface area (Å²) in [7, 11) is 1.77. The van der Waals surface area contributed by atoms with Crippen molar-refractivity contribution in [3.63, 3.8) is 0 Å². The molecule has 1 saturated heterocycles. The Labute approximate surface area is 185 Å². The fourth-order valence-electron chi connectivity index (χ4n) is 3.58. The third kappa shape index (κ3) is 4.81. The highest BCUT2D eigenvalue weighted by atomic mass is 35.5. The van der Waals surface area contributed by atoms with E-state index in [1.54, 1.807) is 24.4 Å². The molecule has 1 aromatic carbocycles. The van der Waals surface area contributed by atoms with Crippen molar-refractivity contribution in [2.45, 2.75) is 6.54 Å². The molecule has 3 aromatic rings. The third-order valence-corrected chi connectivity index (χ3v) is 5.73. The summed E-state index contributed by atoms with van der Waals surface area (Å²) in [6.07, 6.45) is 3.24. The standard InChI is InChI=1S/C22H24ClN5O3/c1-25(15-18-8-5-13-31-18)20(29)16-26-9-11-27(12-10-26)19-14-24-28(22(30)21(19)23)17-6-3-2-4-7-17/h2-8,13-14H,9-12,15-16H2,1H3. The number of hydrogen-bond acceptors (Lipinski definition) is 6. The molecule has 1 aliphatic rings. The fraction of sp³-hybridized carbons (Fsp3) is 0.318. The van der Waals surface area contributed by atoms with Gasteiger partial charge in [-0.3, -0.25) is 14.5 Å². The van der Waals surface area contributed by atoms with Gasteiger partial charge in [-0.2, -0.15) is 9.78 Å². The maximum absolute atomic E-state index is 12.7. The molecule has 0 N–H and O–H groups in total. The summed E-state index contributed by atoms with van der Waals surface area (Å²) in [5, 5.41) is 4.46. The van der Waals surface area contributed by atoms with Crippen LogP contribution in [-0.4, -0.2) is 65.3 Å². The van der Waals surface area contributed by atoms with Gasteiger partial charge in [0.1, 0.15) is 10.8 Å². The number of hydrogen-bond donors (Lipinski definition) is 0. The first-order valence-electron chi connectivity index (χ1n) is 10.1. The van der Waals surface area contributed by atoms with E-state index in [2.05, 4.69) is 10.00 Å². The highest BCUT2D eigenvalue weighted by Gasteiger charge is 2.23. The van der Waals surface area contributed by atoms with E-state index in [4.69, 9.17) is 16.0 Å². The van der Waals surface area contributed by atoms with Crippen LogP contribution < -0.4 is 10.5 Å². The maximum atomic E-state index is 12.7. The molecule has 1 aliphatic heterocycles. The highest BCUT2D eigenvalue weighted by molar-refractivity contribution is 6.33. The number of anilines is 1. The number of nitrogens with zero attached hydrogens (tertiary/aromatic N) is 5. The van der Waals surface area contributed by atoms with Crippen LogP contribution in [0, 0.1) is 0 Å². The van der Waals surface area contributed by atoms with Crippen molar-refractivity contribution in [2.24, 2.45) is 0 Å². The number of aromatic nitrogens is 2. The lowest BCUT2D eigenvalue weighted by Gasteiger charge is -2.36. The lowest BCUT2D eigenvalue weighted by molar-refractivity contribution is -0.131. The van der Waals surface area contributed by atoms with Crippen molar-refractivity contribution in [1.82, 2.24) is 19.6 Å². The molecule has 0 bridgehead atoms. The Morgan fingerprint density at radius 2 is 1.87 bits per heavy atom. The normalized spacial score (nSPS) is 14.6. The molecule has 0 atom stereocenters. The number of piperazine rings is 1. The predicted octanol–water partition coefficient (Wildman–Crippen LogP) is 2.26. The first-order chi connectivity index (χ1) is 15.0. The average Bonchev–Trinajstić information content (AvgIpc) is 3.30. The second kappa shape index (κ2) is 9.36. The number of benzene rings is 1. The average molecular weight is 442 g/mol. The number of furan rings is 1. The number of amides is 1. The Morgan fingerprint density at radius 1 is 1.13 bits per heavy atom. The molecule has 1 fully saturated rings. The van der Waals surface area contributed by atoms with E-state index in [0.717, 1.165) is 5.76 Å². The minimum atomic E-state index is -0.345. The van der Waals surface area contributed by atoms with Gasteiger partial charge in [-0.15, -0.1) is 0 Å². The zero-order valence-electron chi connectivity index (χ0n) is 17.3. The molecule has 4 rings (SSSR count). The second-order valence-corrected chi connectivity index (χ2v) is 7.87. The first kappa shape index (κ1) is 21.1. The van der Waals surface area contributed by atoms with Crippen molar-refractivity contribution in [3.05, 3.63) is 76.1 Å². The highest BCUT2D eigenvalue weighted by Crippen LogP contribution is 2.23. The van der Waals surface area contributed by atoms with Gasteiger partial charge in [0, 0.05) is 33.2 Å². The van der Waals surface area contributed by atoms with Gasteiger partial charge in [-0.25, -0.2) is 0 Å². The van der Waals surface area contributed by atoms with Crippen molar-refractivity contribution >= 4 is 23.2 Å². The van der Waals surface area contributed by atoms with Gasteiger partial charge >= 0.3 is 0 Å². The molecule has 0 radical (unpaired) electrons. The monoisotopic (exact) mass is 441 g/mol. The van der Waals surface area contributed by atoms with Crippen molar-refractivity contribution in [3.8, 4) is 5.69 Å². The van der Waals surface area contributed by atoms with E-state index in [0.29, 0.717) is 50.6 Å². The van der Waals surface area contributed by atoms with E-state index in [1.165, 1.54) is 4.68 Å². The second-order valence-electron chi connectivity index (χ2n) is 7.49. The maximum Gasteiger partial charge on any atom is 0.292 e. The van der Waals surface area contributed by atoms with Gasteiger partial charge in [-0.05, 0) is 24.3 Å². The smallest absolute Gasteiger partial charge is 0.292 e. The van der Waals surface area contributed by atoms with E-state index in [-0.39, 0.29) is 16.5 Å². The van der Waals surface area contributed by atoms with Gasteiger partial charge in [0.25, 0.3) is 5.56 Å². The molecule has 0 spiro atoms. The molecule has 0 aliphatic carbocycles. The molecular weight excluding hydrogens is 418 g/mol. The van der Waals surface area contributed by atoms with Crippen molar-refractivity contribution < 1.29 is 9.21 Å². The number of carbonyl (C=O) groups excluding carboxylic acids is 1. The number of halogens is 1. The summed E-state index contributed by atoms with van der Waals surface area (Å²) in [5.74, 6) is 0.794. The number of para-hydroxylation sites is 1. The Morgan fingerprint density at radius 3 is 2.55 bits per heavy atom. The molecule has 3 heterocycles. The third-order valence-electron chi connectivity index (χ3n) is 5.37. The molecule has 2 aromatic heterocycles. The number of likely N-dealkylation sites (N-methyl/N-ethyl adjacent to an activating group) is 1. The van der Waals surface area contributed by atoms with Crippen molar-refractivity contribution in [2.75, 3.05) is 44.7 Å². The number of carbonyl (C=O) groups is 1. The van der Waals surface area contributed by atoms with Crippen LogP contribution >= 0.6 is 11.6 Å². The van der Waals surface area contributed by atoms with Crippen LogP contribution in [0.5, 0.6) is 0 Å². The molecule has 0 saturated carbocycles. The lowest BCUT2D eigenvalue weighted by atomic mass is 10.2. The largest absolute Gasteiger partial charge is 0.467 e. The molecule has 162 valence electrons. The van der Waals surface area contributed by atoms with Gasteiger partial charge < -0.3 is 14.2 Å². The summed E-state index contributed by atoms with van der Waals surface area (Å²) in [5.41, 5.74) is 0.949. The minimum absolute atomic E-state index is 0.0370. The van der Waals surface area contributed by atoms with Crippen LogP contribution in [-0.2, 0) is 11.3 Å². The van der Waals surface area contributed by atoms with Crippen molar-refractivity contribution in [1.29, 1.82) is 0 Å². The Hall–Kier alpha value is -3.10. The molecule has 0 unspecified atom stereocenters. The zero-order valence-corrected chi connectivity index (χ0v) is 18.0. The lowest BCUT2D eigenvalue weighted by Crippen LogP contribution is -2.50. The van der Waals surface area contributed by atoms with E-state index >= 15 is 0 Å². The molecule has 8 nitrogen and oxygen atoms in total. The SMILES string of the molecule is CN(Cc1ccco1)C(=O)CN1CCN(c2cnn(-c3ccccc3)c(=O)c2Cl)CC1. The van der Waals surface area contributed by atoms with E-state index in [1.807, 2.05) is 47.4 Å². The van der Waals surface area contributed by atoms with Crippen LogP contribution in [0.2, 0.25) is 5.02 Å². The van der Waals surface area contributed by atoms with Crippen LogP contribution in [0.15, 0.2) is 64.1 Å². The topological polar surface area (TPSA) is 74.8 Å². The fourth-order valence-corrected chi connectivity index (χ4v) is 3.83. The minimum Gasteiger partial charge on any atom is -0.467 e. The zero-order chi connectivity index (χ0) is 21.8. The summed E-state index contributed by atoms with van der Waals surface area (Å²) in [6, 6.07) is 12.8. The molecule has 1 amide bonds. The first-order valence-corrected chi connectivity index (χ1v) is 10.5. The molecule has 9 heteroatoms. The van der Waals surface area contributed by atoms with E-state index < -0.39 is 0 Å². The summed E-state index contributed by atoms with van der Waals surface area (Å²) >= 11 is 6.41. The van der Waals surface area contributed by atoms with Gasteiger partial charge in [0.2, 0.25) is 5.91 Å². The van der Waals surface area contributed by atoms with Gasteiger partial charge in [0.15, 0.2) is 0 Å². The molecular formula is C22H24ClN5O3. The van der Waals surface area contributed by atoms with Gasteiger partial charge in [0.05, 0.1) is 36.9 Å². The summed E-state index contributed by atoms with van der Waals surface area (Å²) in [6.45, 7) is 3.49. The van der Waals surface area contributed by atoms with Crippen LogP contribution in [0.1, 0.15) is 5.76 Å². The van der Waals surface area contributed by atoms with Gasteiger partial charge in [-0.1, -0.05) is 29.8 Å². The molecule has 31 heavy (non-hydrogen) atoms. The number of rotatable bonds is 6. The Balaban J connectivity index is 1.36.